The number of methoxy groups -OCH3 is 1. The maximum atomic E-state index is 9.10. The number of halogens is 2. The monoisotopic (exact) mass is 425 g/mol. The minimum absolute atomic E-state index is 0.640. The van der Waals surface area contributed by atoms with Crippen LogP contribution in [0.25, 0.3) is 0 Å². The van der Waals surface area contributed by atoms with Gasteiger partial charge in [0.2, 0.25) is 0 Å². The number of nitrogens with one attached hydrogen (secondary N) is 1. The summed E-state index contributed by atoms with van der Waals surface area (Å²) >= 11 is 9.59. The summed E-state index contributed by atoms with van der Waals surface area (Å²) in [6.45, 7) is 5.15. The van der Waals surface area contributed by atoms with Crippen LogP contribution in [-0.2, 0) is 14.3 Å². The fourth-order valence-corrected chi connectivity index (χ4v) is 2.63. The molecule has 24 heavy (non-hydrogen) atoms. The molecule has 0 saturated carbocycles. The van der Waals surface area contributed by atoms with Crippen LogP contribution in [0.15, 0.2) is 16.6 Å². The molecule has 1 aromatic carbocycles. The zero-order valence-electron chi connectivity index (χ0n) is 13.5. The minimum atomic E-state index is -1.82. The van der Waals surface area contributed by atoms with E-state index in [1.807, 2.05) is 19.1 Å². The van der Waals surface area contributed by atoms with Gasteiger partial charge in [-0.15, -0.1) is 0 Å². The molecule has 7 nitrogen and oxygen atoms in total. The number of carbonyl (C=O) groups is 2. The zero-order chi connectivity index (χ0) is 18.5. The van der Waals surface area contributed by atoms with E-state index < -0.39 is 11.9 Å². The molecule has 0 spiro atoms. The van der Waals surface area contributed by atoms with E-state index in [-0.39, 0.29) is 0 Å². The molecule has 0 atom stereocenters. The van der Waals surface area contributed by atoms with Crippen LogP contribution >= 0.6 is 27.5 Å². The van der Waals surface area contributed by atoms with Gasteiger partial charge in [-0.1, -0.05) is 11.6 Å². The number of ether oxygens (including phenoxy) is 2. The molecular weight excluding hydrogens is 406 g/mol. The summed E-state index contributed by atoms with van der Waals surface area (Å²) in [5.41, 5.74) is 1.11. The van der Waals surface area contributed by atoms with Gasteiger partial charge in [0, 0.05) is 13.7 Å². The Morgan fingerprint density at radius 3 is 2.33 bits per heavy atom. The third kappa shape index (κ3) is 10.4. The van der Waals surface area contributed by atoms with Crippen molar-refractivity contribution in [1.29, 1.82) is 0 Å². The largest absolute Gasteiger partial charge is 0.491 e. The van der Waals surface area contributed by atoms with Crippen LogP contribution in [0, 0.1) is 6.92 Å². The fraction of sp³-hybridized carbons (Fsp3) is 0.467. The van der Waals surface area contributed by atoms with Crippen molar-refractivity contribution in [3.05, 3.63) is 27.2 Å². The van der Waals surface area contributed by atoms with Crippen molar-refractivity contribution in [3.63, 3.8) is 0 Å². The lowest BCUT2D eigenvalue weighted by Gasteiger charge is -2.11. The van der Waals surface area contributed by atoms with Gasteiger partial charge in [0.15, 0.2) is 5.75 Å². The van der Waals surface area contributed by atoms with E-state index in [1.165, 1.54) is 0 Å². The van der Waals surface area contributed by atoms with Crippen LogP contribution in [0.2, 0.25) is 5.02 Å². The number of aliphatic carboxylic acids is 2. The quantitative estimate of drug-likeness (QED) is 0.433. The molecule has 3 N–H and O–H groups in total. The standard InChI is InChI=1S/C13H19BrClNO2.C2H2O4/c1-10-8-11(14)13(12(15)9-10)18-6-3-4-16-5-7-17-2;3-1(4)2(5)6/h8-9,16H,3-7H2,1-2H3;(H,3,4)(H,5,6). The van der Waals surface area contributed by atoms with Gasteiger partial charge < -0.3 is 25.0 Å². The normalized spacial score (nSPS) is 9.83. The van der Waals surface area contributed by atoms with Crippen LogP contribution < -0.4 is 10.1 Å². The Morgan fingerprint density at radius 2 is 1.83 bits per heavy atom. The lowest BCUT2D eigenvalue weighted by Crippen LogP contribution is -2.21. The highest BCUT2D eigenvalue weighted by atomic mass is 79.9. The average Bonchev–Trinajstić information content (AvgIpc) is 2.49. The van der Waals surface area contributed by atoms with Crippen molar-refractivity contribution in [2.75, 3.05) is 33.4 Å². The smallest absolute Gasteiger partial charge is 0.414 e. The van der Waals surface area contributed by atoms with Gasteiger partial charge in [0.25, 0.3) is 0 Å². The molecule has 0 amide bonds. The molecule has 136 valence electrons. The van der Waals surface area contributed by atoms with Gasteiger partial charge in [0.1, 0.15) is 0 Å². The molecule has 1 rings (SSSR count). The lowest BCUT2D eigenvalue weighted by molar-refractivity contribution is -0.159. The molecular formula is C15H21BrClNO6. The summed E-state index contributed by atoms with van der Waals surface area (Å²) in [6, 6.07) is 3.90. The summed E-state index contributed by atoms with van der Waals surface area (Å²) in [6.07, 6.45) is 0.931. The molecule has 0 aliphatic heterocycles. The van der Waals surface area contributed by atoms with Crippen molar-refractivity contribution in [3.8, 4) is 5.75 Å². The number of carboxylic acids is 2. The predicted molar refractivity (Wildman–Crippen MR) is 94.0 cm³/mol. The summed E-state index contributed by atoms with van der Waals surface area (Å²) in [5.74, 6) is -2.93. The Bertz CT molecular complexity index is 506. The van der Waals surface area contributed by atoms with E-state index in [2.05, 4.69) is 21.2 Å². The number of hydrogen-bond donors (Lipinski definition) is 3. The summed E-state index contributed by atoms with van der Waals surface area (Å²) in [4.78, 5) is 18.2. The van der Waals surface area contributed by atoms with Crippen LogP contribution in [0.5, 0.6) is 5.75 Å². The van der Waals surface area contributed by atoms with E-state index in [4.69, 9.17) is 40.9 Å². The van der Waals surface area contributed by atoms with Crippen molar-refractivity contribution in [2.45, 2.75) is 13.3 Å². The summed E-state index contributed by atoms with van der Waals surface area (Å²) in [7, 11) is 1.70. The Hall–Kier alpha value is -1.35. The van der Waals surface area contributed by atoms with E-state index in [9.17, 15) is 0 Å². The van der Waals surface area contributed by atoms with Gasteiger partial charge in [-0.3, -0.25) is 0 Å². The highest BCUT2D eigenvalue weighted by Gasteiger charge is 2.07. The Labute approximate surface area is 154 Å². The first-order valence-electron chi connectivity index (χ1n) is 7.03. The summed E-state index contributed by atoms with van der Waals surface area (Å²) in [5, 5.41) is 18.7. The Balaban J connectivity index is 0.000000754. The molecule has 9 heteroatoms. The molecule has 0 aliphatic carbocycles. The third-order valence-electron chi connectivity index (χ3n) is 2.55. The summed E-state index contributed by atoms with van der Waals surface area (Å²) < 4.78 is 11.5. The van der Waals surface area contributed by atoms with Gasteiger partial charge in [-0.2, -0.15) is 0 Å². The molecule has 0 unspecified atom stereocenters. The van der Waals surface area contributed by atoms with E-state index in [0.717, 1.165) is 41.9 Å². The zero-order valence-corrected chi connectivity index (χ0v) is 15.8. The fourth-order valence-electron chi connectivity index (χ4n) is 1.50. The first-order valence-corrected chi connectivity index (χ1v) is 8.21. The molecule has 0 radical (unpaired) electrons. The molecule has 0 saturated heterocycles. The average molecular weight is 427 g/mol. The second-order valence-electron chi connectivity index (χ2n) is 4.61. The van der Waals surface area contributed by atoms with Crippen molar-refractivity contribution in [1.82, 2.24) is 5.32 Å². The van der Waals surface area contributed by atoms with Crippen LogP contribution in [-0.4, -0.2) is 55.6 Å². The molecule has 0 aliphatic rings. The molecule has 1 aromatic rings. The van der Waals surface area contributed by atoms with Crippen LogP contribution in [0.4, 0.5) is 0 Å². The van der Waals surface area contributed by atoms with Crippen LogP contribution in [0.1, 0.15) is 12.0 Å². The molecule has 0 bridgehead atoms. The van der Waals surface area contributed by atoms with Crippen LogP contribution in [0.3, 0.4) is 0 Å². The number of benzene rings is 1. The topological polar surface area (TPSA) is 105 Å². The van der Waals surface area contributed by atoms with Gasteiger partial charge in [-0.05, 0) is 53.5 Å². The van der Waals surface area contributed by atoms with Crippen molar-refractivity contribution >= 4 is 39.5 Å². The van der Waals surface area contributed by atoms with Crippen molar-refractivity contribution < 1.29 is 29.3 Å². The molecule has 0 heterocycles. The second kappa shape index (κ2) is 13.0. The maximum absolute atomic E-state index is 9.10. The number of carboxylic acid groups (broad SMARTS) is 2. The number of aryl methyl sites for hydroxylation is 1. The highest BCUT2D eigenvalue weighted by Crippen LogP contribution is 2.34. The highest BCUT2D eigenvalue weighted by molar-refractivity contribution is 9.10. The first kappa shape index (κ1) is 22.6. The maximum Gasteiger partial charge on any atom is 0.414 e. The van der Waals surface area contributed by atoms with Gasteiger partial charge in [-0.25, -0.2) is 9.59 Å². The van der Waals surface area contributed by atoms with Crippen molar-refractivity contribution in [2.24, 2.45) is 0 Å². The lowest BCUT2D eigenvalue weighted by atomic mass is 10.2. The Morgan fingerprint density at radius 1 is 1.21 bits per heavy atom. The third-order valence-corrected chi connectivity index (χ3v) is 3.42. The number of rotatable bonds is 8. The van der Waals surface area contributed by atoms with E-state index >= 15 is 0 Å². The van der Waals surface area contributed by atoms with E-state index in [0.29, 0.717) is 11.6 Å². The number of hydrogen-bond acceptors (Lipinski definition) is 5. The van der Waals surface area contributed by atoms with E-state index in [1.54, 1.807) is 7.11 Å². The minimum Gasteiger partial charge on any atom is -0.491 e. The van der Waals surface area contributed by atoms with Gasteiger partial charge >= 0.3 is 11.9 Å². The Kier molecular flexibility index (Phi) is 12.3. The SMILES string of the molecule is COCCNCCCOc1c(Cl)cc(C)cc1Br.O=C(O)C(=O)O. The molecule has 0 aromatic heterocycles. The first-order chi connectivity index (χ1) is 11.3. The predicted octanol–water partition coefficient (Wildman–Crippen LogP) is 2.57. The van der Waals surface area contributed by atoms with Gasteiger partial charge in [0.05, 0.1) is 22.7 Å². The molecule has 0 fully saturated rings. The second-order valence-corrected chi connectivity index (χ2v) is 5.87.